The molecule has 0 spiro atoms. The minimum absolute atomic E-state index is 0.0817. The van der Waals surface area contributed by atoms with E-state index in [9.17, 15) is 19.7 Å². The number of hydrogen-bond acceptors (Lipinski definition) is 4. The first kappa shape index (κ1) is 23.0. The van der Waals surface area contributed by atoms with Crippen molar-refractivity contribution in [2.75, 3.05) is 5.32 Å². The van der Waals surface area contributed by atoms with Crippen LogP contribution in [0, 0.1) is 42.3 Å². The molecule has 5 nitrogen and oxygen atoms in total. The number of anilines is 1. The van der Waals surface area contributed by atoms with Gasteiger partial charge in [-0.2, -0.15) is 10.5 Å². The van der Waals surface area contributed by atoms with Gasteiger partial charge in [-0.05, 0) is 81.0 Å². The predicted octanol–water partition coefficient (Wildman–Crippen LogP) is 6.35. The molecule has 0 unspecified atom stereocenters. The van der Waals surface area contributed by atoms with Gasteiger partial charge in [0.25, 0.3) is 5.91 Å². The van der Waals surface area contributed by atoms with E-state index in [-0.39, 0.29) is 11.4 Å². The maximum atomic E-state index is 14.6. The molecule has 0 radical (unpaired) electrons. The molecule has 0 saturated carbocycles. The largest absolute Gasteiger partial charge is 0.315 e. The van der Waals surface area contributed by atoms with Crippen molar-refractivity contribution in [2.24, 2.45) is 0 Å². The molecule has 3 aromatic rings. The van der Waals surface area contributed by atoms with Crippen LogP contribution in [-0.2, 0) is 17.6 Å². The summed E-state index contributed by atoms with van der Waals surface area (Å²) in [4.78, 5) is 14.1. The van der Waals surface area contributed by atoms with Gasteiger partial charge in [0.2, 0.25) is 0 Å². The van der Waals surface area contributed by atoms with Gasteiger partial charge < -0.3 is 9.88 Å². The van der Waals surface area contributed by atoms with Crippen molar-refractivity contribution >= 4 is 44.3 Å². The van der Waals surface area contributed by atoms with E-state index in [0.29, 0.717) is 32.0 Å². The number of carbonyl (C=O) groups is 1. The van der Waals surface area contributed by atoms with Gasteiger partial charge in [-0.1, -0.05) is 15.9 Å². The van der Waals surface area contributed by atoms with E-state index in [4.69, 9.17) is 0 Å². The van der Waals surface area contributed by atoms with E-state index in [1.165, 1.54) is 23.5 Å². The molecule has 2 aromatic heterocycles. The van der Waals surface area contributed by atoms with Gasteiger partial charge in [-0.15, -0.1) is 11.3 Å². The zero-order valence-corrected chi connectivity index (χ0v) is 20.5. The Bertz CT molecular complexity index is 1390. The van der Waals surface area contributed by atoms with Crippen LogP contribution in [-0.4, -0.2) is 10.5 Å². The summed E-state index contributed by atoms with van der Waals surface area (Å²) in [6.07, 6.45) is 5.35. The van der Waals surface area contributed by atoms with Gasteiger partial charge in [0, 0.05) is 20.7 Å². The quantitative estimate of drug-likeness (QED) is 0.320. The maximum absolute atomic E-state index is 14.6. The Morgan fingerprint density at radius 1 is 1.24 bits per heavy atom. The Kier molecular flexibility index (Phi) is 6.51. The number of thiophene rings is 1. The lowest BCUT2D eigenvalue weighted by atomic mass is 9.96. The number of halogens is 2. The van der Waals surface area contributed by atoms with E-state index in [2.05, 4.69) is 27.3 Å². The van der Waals surface area contributed by atoms with Gasteiger partial charge in [-0.3, -0.25) is 4.79 Å². The smallest absolute Gasteiger partial charge is 0.266 e. The topological polar surface area (TPSA) is 81.6 Å². The highest BCUT2D eigenvalue weighted by molar-refractivity contribution is 9.10. The third kappa shape index (κ3) is 4.37. The average Bonchev–Trinajstić information content (AvgIpc) is 3.27. The summed E-state index contributed by atoms with van der Waals surface area (Å²) >= 11 is 4.68. The number of fused-ring (bicyclic) bond motifs is 1. The van der Waals surface area contributed by atoms with E-state index in [1.54, 1.807) is 16.7 Å². The number of nitrogens with one attached hydrogen (secondary N) is 1. The molecule has 0 fully saturated rings. The molecule has 0 aliphatic heterocycles. The third-order valence-corrected chi connectivity index (χ3v) is 7.50. The zero-order chi connectivity index (χ0) is 23.7. The summed E-state index contributed by atoms with van der Waals surface area (Å²) in [5.41, 5.74) is 3.96. The van der Waals surface area contributed by atoms with Crippen LogP contribution in [0.25, 0.3) is 11.8 Å². The first-order valence-corrected chi connectivity index (χ1v) is 12.1. The summed E-state index contributed by atoms with van der Waals surface area (Å²) in [5, 5.41) is 22.6. The highest BCUT2D eigenvalue weighted by Crippen LogP contribution is 2.38. The predicted molar refractivity (Wildman–Crippen MR) is 131 cm³/mol. The van der Waals surface area contributed by atoms with Crippen LogP contribution in [0.1, 0.15) is 45.8 Å². The number of aryl methyl sites for hydroxylation is 2. The number of carbonyl (C=O) groups excluding carboxylic acids is 1. The molecule has 2 heterocycles. The minimum atomic E-state index is -0.563. The molecule has 1 N–H and O–H groups in total. The van der Waals surface area contributed by atoms with Crippen LogP contribution >= 0.6 is 27.3 Å². The van der Waals surface area contributed by atoms with E-state index in [1.807, 2.05) is 26.0 Å². The minimum Gasteiger partial charge on any atom is -0.315 e. The molecule has 1 aliphatic carbocycles. The highest BCUT2D eigenvalue weighted by atomic mass is 79.9. The molecular weight excluding hydrogens is 503 g/mol. The van der Waals surface area contributed by atoms with Crippen LogP contribution in [0.3, 0.4) is 0 Å². The second-order valence-electron chi connectivity index (χ2n) is 7.91. The number of benzene rings is 1. The number of hydrogen-bond donors (Lipinski definition) is 1. The number of aromatic nitrogens is 1. The average molecular weight is 523 g/mol. The molecule has 1 aromatic carbocycles. The monoisotopic (exact) mass is 522 g/mol. The second-order valence-corrected chi connectivity index (χ2v) is 9.93. The Morgan fingerprint density at radius 2 is 2.00 bits per heavy atom. The molecule has 1 amide bonds. The van der Waals surface area contributed by atoms with Crippen molar-refractivity contribution in [2.45, 2.75) is 39.5 Å². The van der Waals surface area contributed by atoms with Gasteiger partial charge in [0.1, 0.15) is 28.5 Å². The van der Waals surface area contributed by atoms with Crippen LogP contribution < -0.4 is 5.32 Å². The Hall–Kier alpha value is -3.20. The van der Waals surface area contributed by atoms with Crippen molar-refractivity contribution in [3.8, 4) is 17.8 Å². The number of rotatable bonds is 4. The van der Waals surface area contributed by atoms with Crippen LogP contribution in [0.4, 0.5) is 9.39 Å². The summed E-state index contributed by atoms with van der Waals surface area (Å²) in [6.45, 7) is 3.65. The molecule has 0 bridgehead atoms. The van der Waals surface area contributed by atoms with E-state index < -0.39 is 5.91 Å². The fraction of sp³-hybridized carbons (Fsp3) is 0.240. The van der Waals surface area contributed by atoms with Crippen LogP contribution in [0.15, 0.2) is 34.3 Å². The number of nitrogens with zero attached hydrogens (tertiary/aromatic N) is 3. The lowest BCUT2D eigenvalue weighted by molar-refractivity contribution is -0.112. The van der Waals surface area contributed by atoms with Crippen molar-refractivity contribution in [3.05, 3.63) is 73.1 Å². The lowest BCUT2D eigenvalue weighted by Crippen LogP contribution is -2.13. The fourth-order valence-corrected chi connectivity index (χ4v) is 5.78. The van der Waals surface area contributed by atoms with Gasteiger partial charge in [0.15, 0.2) is 0 Å². The van der Waals surface area contributed by atoms with Crippen molar-refractivity contribution in [1.82, 2.24) is 4.57 Å². The van der Waals surface area contributed by atoms with Crippen molar-refractivity contribution in [3.63, 3.8) is 0 Å². The molecule has 4 rings (SSSR count). The normalized spacial score (nSPS) is 13.2. The SMILES string of the molecule is Cc1cc(/C=C(\C#N)C(=O)Nc2sc3c(c2C#N)CCCC3)c(C)n1-c1ccc(Br)cc1F. The molecule has 8 heteroatoms. The van der Waals surface area contributed by atoms with E-state index in [0.717, 1.165) is 41.8 Å². The fourth-order valence-electron chi connectivity index (χ4n) is 4.21. The Morgan fingerprint density at radius 3 is 2.70 bits per heavy atom. The zero-order valence-electron chi connectivity index (χ0n) is 18.1. The summed E-state index contributed by atoms with van der Waals surface area (Å²) < 4.78 is 17.0. The summed E-state index contributed by atoms with van der Waals surface area (Å²) in [6, 6.07) is 10.8. The molecule has 1 aliphatic rings. The standard InChI is InChI=1S/C25H20BrFN4OS/c1-14-9-16(15(2)31(14)22-8-7-18(26)11-21(22)27)10-17(12-28)24(32)30-25-20(13-29)19-5-3-4-6-23(19)33-25/h7-11H,3-6H2,1-2H3,(H,30,32)/b17-10+. The number of nitriles is 2. The molecule has 33 heavy (non-hydrogen) atoms. The lowest BCUT2D eigenvalue weighted by Gasteiger charge is -2.11. The Labute approximate surface area is 203 Å². The third-order valence-electron chi connectivity index (χ3n) is 5.80. The molecule has 0 saturated heterocycles. The second kappa shape index (κ2) is 9.35. The van der Waals surface area contributed by atoms with Crippen molar-refractivity contribution in [1.29, 1.82) is 10.5 Å². The Balaban J connectivity index is 1.67. The van der Waals surface area contributed by atoms with Gasteiger partial charge in [-0.25, -0.2) is 4.39 Å². The molecular formula is C25H20BrFN4OS. The van der Waals surface area contributed by atoms with Gasteiger partial charge in [0.05, 0.1) is 11.3 Å². The highest BCUT2D eigenvalue weighted by Gasteiger charge is 2.23. The van der Waals surface area contributed by atoms with Crippen LogP contribution in [0.5, 0.6) is 0 Å². The maximum Gasteiger partial charge on any atom is 0.266 e. The number of amides is 1. The summed E-state index contributed by atoms with van der Waals surface area (Å²) in [5.74, 6) is -0.946. The van der Waals surface area contributed by atoms with Gasteiger partial charge >= 0.3 is 0 Å². The first-order valence-electron chi connectivity index (χ1n) is 10.5. The molecule has 166 valence electrons. The van der Waals surface area contributed by atoms with Crippen LogP contribution in [0.2, 0.25) is 0 Å². The van der Waals surface area contributed by atoms with E-state index >= 15 is 0 Å². The first-order chi connectivity index (χ1) is 15.8. The molecule has 0 atom stereocenters. The summed E-state index contributed by atoms with van der Waals surface area (Å²) in [7, 11) is 0. The van der Waals surface area contributed by atoms with Crippen molar-refractivity contribution < 1.29 is 9.18 Å².